The number of hydrogen-bond donors (Lipinski definition) is 2. The van der Waals surface area contributed by atoms with Crippen molar-refractivity contribution in [3.05, 3.63) is 69.5 Å². The predicted molar refractivity (Wildman–Crippen MR) is 131 cm³/mol. The first-order valence-electron chi connectivity index (χ1n) is 11.9. The van der Waals surface area contributed by atoms with Gasteiger partial charge in [-0.05, 0) is 44.0 Å². The largest absolute Gasteiger partial charge is 0.418 e. The lowest BCUT2D eigenvalue weighted by Crippen LogP contribution is -2.33. The number of β-amino-alcohol motifs (C(OH)–C–C–N with tert-alkyl or cyclic N) is 2. The molecule has 0 amide bonds. The van der Waals surface area contributed by atoms with Crippen LogP contribution >= 0.6 is 0 Å². The molecule has 0 saturated carbocycles. The van der Waals surface area contributed by atoms with Crippen LogP contribution in [0, 0.1) is 6.92 Å². The quantitative estimate of drug-likeness (QED) is 0.560. The second-order valence-corrected chi connectivity index (χ2v) is 9.31. The Kier molecular flexibility index (Phi) is 6.25. The van der Waals surface area contributed by atoms with Crippen LogP contribution in [0.1, 0.15) is 23.1 Å². The van der Waals surface area contributed by atoms with E-state index in [2.05, 4.69) is 5.10 Å². The zero-order valence-corrected chi connectivity index (χ0v) is 19.8. The van der Waals surface area contributed by atoms with E-state index in [1.807, 2.05) is 31.2 Å². The van der Waals surface area contributed by atoms with E-state index in [0.29, 0.717) is 55.0 Å². The third-order valence-electron chi connectivity index (χ3n) is 6.82. The third kappa shape index (κ3) is 4.35. The van der Waals surface area contributed by atoms with E-state index in [-0.39, 0.29) is 24.5 Å². The van der Waals surface area contributed by atoms with Gasteiger partial charge >= 0.3 is 6.18 Å². The number of fused-ring (bicyclic) bond motifs is 1. The molecule has 1 atom stereocenters. The van der Waals surface area contributed by atoms with Crippen molar-refractivity contribution < 1.29 is 23.4 Å². The van der Waals surface area contributed by atoms with Gasteiger partial charge in [-0.15, -0.1) is 0 Å². The number of aliphatic hydroxyl groups is 2. The summed E-state index contributed by atoms with van der Waals surface area (Å²) in [6.07, 6.45) is -4.26. The lowest BCUT2D eigenvalue weighted by Gasteiger charge is -2.23. The average molecular weight is 501 g/mol. The predicted octanol–water partition coefficient (Wildman–Crippen LogP) is 3.15. The van der Waals surface area contributed by atoms with Crippen molar-refractivity contribution in [2.75, 3.05) is 42.6 Å². The second kappa shape index (κ2) is 9.25. The molecule has 1 aromatic heterocycles. The van der Waals surface area contributed by atoms with Gasteiger partial charge in [0, 0.05) is 43.0 Å². The number of aliphatic hydroxyl groups excluding tert-OH is 2. The molecule has 2 N–H and O–H groups in total. The highest BCUT2D eigenvalue weighted by molar-refractivity contribution is 5.73. The van der Waals surface area contributed by atoms with Crippen molar-refractivity contribution >= 4 is 11.4 Å². The number of alkyl halides is 3. The highest BCUT2D eigenvalue weighted by Crippen LogP contribution is 2.38. The molecule has 0 bridgehead atoms. The molecule has 1 fully saturated rings. The monoisotopic (exact) mass is 500 g/mol. The maximum Gasteiger partial charge on any atom is 0.418 e. The van der Waals surface area contributed by atoms with Gasteiger partial charge in [0.1, 0.15) is 5.69 Å². The minimum atomic E-state index is -4.72. The van der Waals surface area contributed by atoms with Crippen molar-refractivity contribution in [1.29, 1.82) is 0 Å². The lowest BCUT2D eigenvalue weighted by atomic mass is 10.0. The molecule has 2 aliphatic heterocycles. The summed E-state index contributed by atoms with van der Waals surface area (Å²) < 4.78 is 43.3. The van der Waals surface area contributed by atoms with Gasteiger partial charge in [-0.2, -0.15) is 23.0 Å². The average Bonchev–Trinajstić information content (AvgIpc) is 3.46. The Morgan fingerprint density at radius 1 is 1.14 bits per heavy atom. The van der Waals surface area contributed by atoms with Gasteiger partial charge < -0.3 is 20.0 Å². The number of nitrogens with zero attached hydrogens (tertiary/aromatic N) is 4. The van der Waals surface area contributed by atoms with E-state index in [9.17, 15) is 28.2 Å². The highest BCUT2D eigenvalue weighted by atomic mass is 19.4. The Hall–Kier alpha value is -3.37. The van der Waals surface area contributed by atoms with Crippen LogP contribution in [0.25, 0.3) is 16.9 Å². The summed E-state index contributed by atoms with van der Waals surface area (Å²) >= 11 is 0. The van der Waals surface area contributed by atoms with E-state index in [0.717, 1.165) is 16.3 Å². The van der Waals surface area contributed by atoms with Crippen molar-refractivity contribution in [2.45, 2.75) is 32.0 Å². The van der Waals surface area contributed by atoms with Crippen molar-refractivity contribution in [1.82, 2.24) is 9.78 Å². The maximum atomic E-state index is 14.1. The van der Waals surface area contributed by atoms with E-state index in [1.54, 1.807) is 9.80 Å². The molecule has 10 heteroatoms. The molecule has 2 aromatic carbocycles. The van der Waals surface area contributed by atoms with E-state index < -0.39 is 23.4 Å². The normalized spacial score (nSPS) is 17.7. The third-order valence-corrected chi connectivity index (χ3v) is 6.82. The van der Waals surface area contributed by atoms with Crippen LogP contribution in [0.3, 0.4) is 0 Å². The molecule has 3 heterocycles. The Bertz CT molecular complexity index is 1360. The number of halogens is 3. The lowest BCUT2D eigenvalue weighted by molar-refractivity contribution is -0.137. The second-order valence-electron chi connectivity index (χ2n) is 9.31. The molecule has 190 valence electrons. The summed E-state index contributed by atoms with van der Waals surface area (Å²) in [5.74, 6) is 0. The smallest absolute Gasteiger partial charge is 0.395 e. The van der Waals surface area contributed by atoms with E-state index >= 15 is 0 Å². The van der Waals surface area contributed by atoms with Crippen molar-refractivity contribution in [2.24, 2.45) is 0 Å². The Morgan fingerprint density at radius 2 is 1.94 bits per heavy atom. The number of aromatic nitrogens is 2. The minimum absolute atomic E-state index is 0.192. The van der Waals surface area contributed by atoms with Gasteiger partial charge in [-0.25, -0.2) is 0 Å². The van der Waals surface area contributed by atoms with Gasteiger partial charge in [0.25, 0.3) is 5.56 Å². The first-order valence-corrected chi connectivity index (χ1v) is 11.9. The molecule has 7 nitrogen and oxygen atoms in total. The number of hydrogen-bond acceptors (Lipinski definition) is 6. The number of benzene rings is 2. The Labute approximate surface area is 206 Å². The number of rotatable bonds is 5. The SMILES string of the molecule is Cc1cccc(-c2nn(-c3cc(N4CCC(O)C4)ccc3C(F)(F)F)c(=O)c3c2CCN3CCO)c1. The highest BCUT2D eigenvalue weighted by Gasteiger charge is 2.37. The summed E-state index contributed by atoms with van der Waals surface area (Å²) in [7, 11) is 0. The van der Waals surface area contributed by atoms with Crippen molar-refractivity contribution in [3.8, 4) is 16.9 Å². The first-order chi connectivity index (χ1) is 17.2. The minimum Gasteiger partial charge on any atom is -0.395 e. The number of anilines is 2. The fraction of sp³-hybridized carbons (Fsp3) is 0.385. The first kappa shape index (κ1) is 24.3. The molecular weight excluding hydrogens is 473 g/mol. The van der Waals surface area contributed by atoms with E-state index in [4.69, 9.17) is 0 Å². The number of aryl methyl sites for hydroxylation is 1. The molecule has 0 spiro atoms. The van der Waals surface area contributed by atoms with Crippen LogP contribution in [0.5, 0.6) is 0 Å². The van der Waals surface area contributed by atoms with Crippen LogP contribution in [0.2, 0.25) is 0 Å². The fourth-order valence-corrected chi connectivity index (χ4v) is 5.11. The summed E-state index contributed by atoms with van der Waals surface area (Å²) in [6.45, 7) is 3.17. The van der Waals surface area contributed by atoms with Crippen LogP contribution < -0.4 is 15.4 Å². The van der Waals surface area contributed by atoms with Crippen LogP contribution in [0.4, 0.5) is 24.5 Å². The molecule has 1 unspecified atom stereocenters. The molecule has 36 heavy (non-hydrogen) atoms. The fourth-order valence-electron chi connectivity index (χ4n) is 5.11. The summed E-state index contributed by atoms with van der Waals surface area (Å²) in [5.41, 5.74) is 1.54. The van der Waals surface area contributed by atoms with Gasteiger partial charge in [-0.3, -0.25) is 4.79 Å². The molecule has 2 aliphatic rings. The Balaban J connectivity index is 1.77. The summed E-state index contributed by atoms with van der Waals surface area (Å²) in [5, 5.41) is 24.0. The van der Waals surface area contributed by atoms with Gasteiger partial charge in [-0.1, -0.05) is 23.8 Å². The zero-order chi connectivity index (χ0) is 25.6. The van der Waals surface area contributed by atoms with Crippen LogP contribution in [0.15, 0.2) is 47.3 Å². The van der Waals surface area contributed by atoms with Gasteiger partial charge in [0.15, 0.2) is 0 Å². The van der Waals surface area contributed by atoms with Crippen LogP contribution in [-0.2, 0) is 12.6 Å². The van der Waals surface area contributed by atoms with Crippen LogP contribution in [-0.4, -0.2) is 58.9 Å². The maximum absolute atomic E-state index is 14.1. The van der Waals surface area contributed by atoms with E-state index in [1.165, 1.54) is 12.1 Å². The topological polar surface area (TPSA) is 81.8 Å². The summed E-state index contributed by atoms with van der Waals surface area (Å²) in [6, 6.07) is 11.1. The van der Waals surface area contributed by atoms with Gasteiger partial charge in [0.2, 0.25) is 0 Å². The van der Waals surface area contributed by atoms with Gasteiger partial charge in [0.05, 0.1) is 29.7 Å². The molecule has 3 aromatic rings. The van der Waals surface area contributed by atoms with Crippen molar-refractivity contribution in [3.63, 3.8) is 0 Å². The standard InChI is InChI=1S/C26H27F3N4O3/c1-16-3-2-4-17(13-16)23-20-8-10-31(11-12-34)24(20)25(36)33(30-23)22-14-18(32-9-7-19(35)15-32)5-6-21(22)26(27,28)29/h2-6,13-14,19,34-35H,7-12,15H2,1H3. The zero-order valence-electron chi connectivity index (χ0n) is 19.8. The molecule has 0 radical (unpaired) electrons. The molecular formula is C26H27F3N4O3. The molecule has 1 saturated heterocycles. The summed E-state index contributed by atoms with van der Waals surface area (Å²) in [4.78, 5) is 17.2. The molecule has 0 aliphatic carbocycles. The Morgan fingerprint density at radius 3 is 2.61 bits per heavy atom. The molecule has 5 rings (SSSR count).